The third-order valence-corrected chi connectivity index (χ3v) is 5.10. The first-order valence-corrected chi connectivity index (χ1v) is 8.59. The van der Waals surface area contributed by atoms with Gasteiger partial charge < -0.3 is 9.84 Å². The van der Waals surface area contributed by atoms with Crippen LogP contribution in [0.1, 0.15) is 24.8 Å². The molecule has 1 aliphatic rings. The van der Waals surface area contributed by atoms with Gasteiger partial charge >= 0.3 is 12.1 Å². The van der Waals surface area contributed by atoms with Gasteiger partial charge in [-0.05, 0) is 58.5 Å². The molecule has 0 aliphatic heterocycles. The molecule has 1 N–H and O–H groups in total. The van der Waals surface area contributed by atoms with E-state index in [0.717, 1.165) is 6.42 Å². The van der Waals surface area contributed by atoms with Crippen molar-refractivity contribution in [3.8, 4) is 16.9 Å². The van der Waals surface area contributed by atoms with Gasteiger partial charge in [-0.25, -0.2) is 4.63 Å². The zero-order chi connectivity index (χ0) is 19.9. The Bertz CT molecular complexity index is 1040. The molecular formula is C19H15F3N2O4. The molecule has 2 aromatic carbocycles. The highest BCUT2D eigenvalue weighted by molar-refractivity contribution is 5.86. The Hall–Kier alpha value is -3.10. The minimum atomic E-state index is -4.49. The molecule has 1 saturated carbocycles. The molecule has 28 heavy (non-hydrogen) atoms. The predicted octanol–water partition coefficient (Wildman–Crippen LogP) is 4.34. The normalized spacial score (nSPS) is 16.0. The summed E-state index contributed by atoms with van der Waals surface area (Å²) < 4.78 is 47.6. The van der Waals surface area contributed by atoms with Crippen molar-refractivity contribution in [2.75, 3.05) is 6.61 Å². The number of carbonyl (C=O) groups is 1. The van der Waals surface area contributed by atoms with Crippen LogP contribution < -0.4 is 4.74 Å². The predicted molar refractivity (Wildman–Crippen MR) is 92.0 cm³/mol. The number of nitrogens with zero attached hydrogens (tertiary/aromatic N) is 2. The van der Waals surface area contributed by atoms with Gasteiger partial charge in [0.15, 0.2) is 6.61 Å². The Kier molecular flexibility index (Phi) is 4.24. The van der Waals surface area contributed by atoms with Gasteiger partial charge in [-0.1, -0.05) is 18.6 Å². The summed E-state index contributed by atoms with van der Waals surface area (Å²) in [6.45, 7) is -1.45. The number of fused-ring (bicyclic) bond motifs is 1. The first kappa shape index (κ1) is 18.3. The first-order chi connectivity index (χ1) is 13.3. The maximum atomic E-state index is 12.6. The highest BCUT2D eigenvalue weighted by Crippen LogP contribution is 2.46. The molecule has 146 valence electrons. The summed E-state index contributed by atoms with van der Waals surface area (Å²) in [5.41, 5.74) is 1.34. The zero-order valence-electron chi connectivity index (χ0n) is 14.5. The zero-order valence-corrected chi connectivity index (χ0v) is 14.5. The molecule has 1 heterocycles. The minimum absolute atomic E-state index is 0.0109. The van der Waals surface area contributed by atoms with Gasteiger partial charge in [-0.3, -0.25) is 4.79 Å². The number of benzene rings is 2. The van der Waals surface area contributed by atoms with Crippen molar-refractivity contribution in [2.24, 2.45) is 0 Å². The second-order valence-corrected chi connectivity index (χ2v) is 6.82. The van der Waals surface area contributed by atoms with E-state index in [1.165, 1.54) is 12.1 Å². The fraction of sp³-hybridized carbons (Fsp3) is 0.316. The van der Waals surface area contributed by atoms with E-state index in [4.69, 9.17) is 4.74 Å². The van der Waals surface area contributed by atoms with Gasteiger partial charge in [-0.15, -0.1) is 0 Å². The van der Waals surface area contributed by atoms with E-state index in [-0.39, 0.29) is 5.75 Å². The Morgan fingerprint density at radius 3 is 2.54 bits per heavy atom. The smallest absolute Gasteiger partial charge is 0.422 e. The van der Waals surface area contributed by atoms with E-state index >= 15 is 0 Å². The molecule has 6 nitrogen and oxygen atoms in total. The van der Waals surface area contributed by atoms with Crippen LogP contribution in [-0.2, 0) is 10.2 Å². The highest BCUT2D eigenvalue weighted by Gasteiger charge is 2.46. The van der Waals surface area contributed by atoms with E-state index in [9.17, 15) is 23.1 Å². The van der Waals surface area contributed by atoms with Crippen LogP contribution in [0, 0.1) is 0 Å². The number of hydrogen-bond donors (Lipinski definition) is 1. The first-order valence-electron chi connectivity index (χ1n) is 8.59. The number of halogens is 3. The van der Waals surface area contributed by atoms with Gasteiger partial charge in [0.1, 0.15) is 16.8 Å². The average Bonchev–Trinajstić information content (AvgIpc) is 3.06. The van der Waals surface area contributed by atoms with E-state index in [2.05, 4.69) is 14.9 Å². The lowest BCUT2D eigenvalue weighted by Gasteiger charge is -2.38. The fourth-order valence-corrected chi connectivity index (χ4v) is 3.44. The lowest BCUT2D eigenvalue weighted by Crippen LogP contribution is -2.42. The molecule has 9 heteroatoms. The molecule has 4 rings (SSSR count). The Morgan fingerprint density at radius 2 is 1.89 bits per heavy atom. The largest absolute Gasteiger partial charge is 0.483 e. The number of hydrogen-bond acceptors (Lipinski definition) is 5. The molecule has 0 saturated heterocycles. The monoisotopic (exact) mass is 392 g/mol. The standard InChI is InChI=1S/C19H15F3N2O4/c20-19(21,22)10-27-16-5-3-12(18(17(25)26)6-1-7-18)9-13(16)11-2-4-14-15(8-11)24-28-23-14/h2-5,8-9H,1,6-7,10H2,(H,25,26). The van der Waals surface area contributed by atoms with Crippen LogP contribution in [0.25, 0.3) is 22.2 Å². The van der Waals surface area contributed by atoms with Crippen molar-refractivity contribution in [3.05, 3.63) is 42.0 Å². The second kappa shape index (κ2) is 6.50. The summed E-state index contributed by atoms with van der Waals surface area (Å²) >= 11 is 0. The summed E-state index contributed by atoms with van der Waals surface area (Å²) in [6.07, 6.45) is -2.75. The summed E-state index contributed by atoms with van der Waals surface area (Å²) in [7, 11) is 0. The van der Waals surface area contributed by atoms with E-state index in [0.29, 0.717) is 40.6 Å². The fourth-order valence-electron chi connectivity index (χ4n) is 3.44. The molecule has 0 atom stereocenters. The molecule has 1 aliphatic carbocycles. The van der Waals surface area contributed by atoms with Crippen molar-refractivity contribution < 1.29 is 32.4 Å². The molecule has 3 aromatic rings. The van der Waals surface area contributed by atoms with Gasteiger partial charge in [0.25, 0.3) is 0 Å². The third kappa shape index (κ3) is 3.17. The molecule has 1 fully saturated rings. The SMILES string of the molecule is O=C(O)C1(c2ccc(OCC(F)(F)F)c(-c3ccc4nonc4c3)c2)CCC1. The van der Waals surface area contributed by atoms with Gasteiger partial charge in [0, 0.05) is 5.56 Å². The van der Waals surface area contributed by atoms with E-state index in [1.54, 1.807) is 24.3 Å². The molecular weight excluding hydrogens is 377 g/mol. The number of carboxylic acids is 1. The van der Waals surface area contributed by atoms with E-state index in [1.807, 2.05) is 0 Å². The van der Waals surface area contributed by atoms with Crippen LogP contribution in [0.2, 0.25) is 0 Å². The second-order valence-electron chi connectivity index (χ2n) is 6.82. The number of aliphatic carboxylic acids is 1. The number of aromatic nitrogens is 2. The molecule has 0 bridgehead atoms. The third-order valence-electron chi connectivity index (χ3n) is 5.10. The van der Waals surface area contributed by atoms with Crippen LogP contribution in [-0.4, -0.2) is 34.2 Å². The van der Waals surface area contributed by atoms with Crippen molar-refractivity contribution in [2.45, 2.75) is 30.9 Å². The van der Waals surface area contributed by atoms with Gasteiger partial charge in [0.2, 0.25) is 0 Å². The Balaban J connectivity index is 1.81. The van der Waals surface area contributed by atoms with Crippen molar-refractivity contribution >= 4 is 17.0 Å². The van der Waals surface area contributed by atoms with Crippen LogP contribution in [0.15, 0.2) is 41.0 Å². The summed E-state index contributed by atoms with van der Waals surface area (Å²) in [4.78, 5) is 11.8. The highest BCUT2D eigenvalue weighted by atomic mass is 19.4. The summed E-state index contributed by atoms with van der Waals surface area (Å²) in [5.74, 6) is -0.929. The molecule has 0 spiro atoms. The Labute approximate surface area is 156 Å². The summed E-state index contributed by atoms with van der Waals surface area (Å²) in [5, 5.41) is 17.1. The lowest BCUT2D eigenvalue weighted by atomic mass is 9.64. The maximum Gasteiger partial charge on any atom is 0.422 e. The van der Waals surface area contributed by atoms with Crippen LogP contribution in [0.4, 0.5) is 13.2 Å². The van der Waals surface area contributed by atoms with Crippen LogP contribution >= 0.6 is 0 Å². The average molecular weight is 392 g/mol. The van der Waals surface area contributed by atoms with Gasteiger partial charge in [-0.2, -0.15) is 13.2 Å². The molecule has 0 amide bonds. The quantitative estimate of drug-likeness (QED) is 0.695. The molecule has 0 radical (unpaired) electrons. The molecule has 1 aromatic heterocycles. The number of carboxylic acid groups (broad SMARTS) is 1. The van der Waals surface area contributed by atoms with Crippen LogP contribution in [0.5, 0.6) is 5.75 Å². The number of rotatable bonds is 5. The Morgan fingerprint density at radius 1 is 1.14 bits per heavy atom. The van der Waals surface area contributed by atoms with Crippen LogP contribution in [0.3, 0.4) is 0 Å². The number of ether oxygens (including phenoxy) is 1. The molecule has 0 unspecified atom stereocenters. The van der Waals surface area contributed by atoms with Gasteiger partial charge in [0.05, 0.1) is 5.41 Å². The maximum absolute atomic E-state index is 12.6. The summed E-state index contributed by atoms with van der Waals surface area (Å²) in [6, 6.07) is 9.40. The van der Waals surface area contributed by atoms with Crippen molar-refractivity contribution in [1.29, 1.82) is 0 Å². The number of alkyl halides is 3. The van der Waals surface area contributed by atoms with E-state index < -0.39 is 24.2 Å². The van der Waals surface area contributed by atoms with Crippen molar-refractivity contribution in [1.82, 2.24) is 10.3 Å². The van der Waals surface area contributed by atoms with Crippen molar-refractivity contribution in [3.63, 3.8) is 0 Å². The topological polar surface area (TPSA) is 85.5 Å². The lowest BCUT2D eigenvalue weighted by molar-refractivity contribution is -0.153. The minimum Gasteiger partial charge on any atom is -0.483 e.